The number of nitrogens with one attached hydrogen (secondary N) is 1. The number of amides is 1. The molecule has 0 saturated carbocycles. The summed E-state index contributed by atoms with van der Waals surface area (Å²) in [6, 6.07) is 0. The fourth-order valence-electron chi connectivity index (χ4n) is 1.50. The minimum atomic E-state index is -0.123. The van der Waals surface area contributed by atoms with Crippen molar-refractivity contribution >= 4 is 5.91 Å². The Kier molecular flexibility index (Phi) is 5.03. The van der Waals surface area contributed by atoms with Crippen molar-refractivity contribution in [2.75, 3.05) is 13.1 Å². The van der Waals surface area contributed by atoms with Crippen LogP contribution in [-0.4, -0.2) is 29.0 Å². The van der Waals surface area contributed by atoms with Crippen LogP contribution in [-0.2, 0) is 0 Å². The van der Waals surface area contributed by atoms with Crippen molar-refractivity contribution in [2.24, 2.45) is 5.73 Å². The maximum absolute atomic E-state index is 11.9. The molecule has 1 heterocycles. The summed E-state index contributed by atoms with van der Waals surface area (Å²) in [4.78, 5) is 20.3. The van der Waals surface area contributed by atoms with Crippen LogP contribution in [0.3, 0.4) is 0 Å². The van der Waals surface area contributed by atoms with Gasteiger partial charge in [0.05, 0.1) is 11.3 Å². The zero-order chi connectivity index (χ0) is 12.8. The van der Waals surface area contributed by atoms with Gasteiger partial charge in [-0.3, -0.25) is 4.79 Å². The van der Waals surface area contributed by atoms with E-state index in [0.717, 1.165) is 12.1 Å². The van der Waals surface area contributed by atoms with Crippen LogP contribution in [0.5, 0.6) is 0 Å². The molecule has 3 N–H and O–H groups in total. The van der Waals surface area contributed by atoms with E-state index in [-0.39, 0.29) is 11.8 Å². The second kappa shape index (κ2) is 6.30. The van der Waals surface area contributed by atoms with Crippen molar-refractivity contribution in [2.45, 2.75) is 33.1 Å². The predicted molar refractivity (Wildman–Crippen MR) is 66.9 cm³/mol. The third-order valence-electron chi connectivity index (χ3n) is 2.40. The van der Waals surface area contributed by atoms with Gasteiger partial charge >= 0.3 is 0 Å². The van der Waals surface area contributed by atoms with E-state index in [1.165, 1.54) is 0 Å². The Morgan fingerprint density at radius 2 is 2.24 bits per heavy atom. The number of carbonyl (C=O) groups is 1. The highest BCUT2D eigenvalue weighted by Gasteiger charge is 2.15. The number of carbonyl (C=O) groups excluding carboxylic acids is 1. The SMILES string of the molecule is Cc1ncc(C(=O)NCCCN)c(C(C)C)n1. The van der Waals surface area contributed by atoms with Gasteiger partial charge in [-0.1, -0.05) is 13.8 Å². The van der Waals surface area contributed by atoms with E-state index in [1.807, 2.05) is 20.8 Å². The minimum absolute atomic E-state index is 0.123. The molecule has 5 heteroatoms. The summed E-state index contributed by atoms with van der Waals surface area (Å²) in [5.41, 5.74) is 6.73. The number of aryl methyl sites for hydroxylation is 1. The maximum Gasteiger partial charge on any atom is 0.254 e. The van der Waals surface area contributed by atoms with Gasteiger partial charge < -0.3 is 11.1 Å². The largest absolute Gasteiger partial charge is 0.352 e. The van der Waals surface area contributed by atoms with E-state index >= 15 is 0 Å². The third-order valence-corrected chi connectivity index (χ3v) is 2.40. The molecular formula is C12H20N4O. The first kappa shape index (κ1) is 13.6. The van der Waals surface area contributed by atoms with Crippen molar-refractivity contribution in [1.29, 1.82) is 0 Å². The van der Waals surface area contributed by atoms with Crippen molar-refractivity contribution in [3.63, 3.8) is 0 Å². The molecule has 17 heavy (non-hydrogen) atoms. The second-order valence-corrected chi connectivity index (χ2v) is 4.27. The first-order valence-corrected chi connectivity index (χ1v) is 5.88. The standard InChI is InChI=1S/C12H20N4O/c1-8(2)11-10(7-15-9(3)16-11)12(17)14-6-4-5-13/h7-8H,4-6,13H2,1-3H3,(H,14,17). The molecule has 5 nitrogen and oxygen atoms in total. The molecule has 0 fully saturated rings. The van der Waals surface area contributed by atoms with Crippen molar-refractivity contribution in [3.05, 3.63) is 23.3 Å². The second-order valence-electron chi connectivity index (χ2n) is 4.27. The first-order valence-electron chi connectivity index (χ1n) is 5.88. The summed E-state index contributed by atoms with van der Waals surface area (Å²) in [7, 11) is 0. The monoisotopic (exact) mass is 236 g/mol. The van der Waals surface area contributed by atoms with Crippen molar-refractivity contribution in [1.82, 2.24) is 15.3 Å². The van der Waals surface area contributed by atoms with Crippen LogP contribution < -0.4 is 11.1 Å². The van der Waals surface area contributed by atoms with Gasteiger partial charge in [0.2, 0.25) is 0 Å². The van der Waals surface area contributed by atoms with Crippen LogP contribution in [0, 0.1) is 6.92 Å². The van der Waals surface area contributed by atoms with Crippen LogP contribution in [0.2, 0.25) is 0 Å². The van der Waals surface area contributed by atoms with Crippen LogP contribution in [0.15, 0.2) is 6.20 Å². The van der Waals surface area contributed by atoms with Crippen molar-refractivity contribution < 1.29 is 4.79 Å². The molecule has 1 amide bonds. The Bertz CT molecular complexity index is 390. The van der Waals surface area contributed by atoms with E-state index < -0.39 is 0 Å². The van der Waals surface area contributed by atoms with E-state index in [9.17, 15) is 4.79 Å². The normalized spacial score (nSPS) is 10.6. The van der Waals surface area contributed by atoms with Gasteiger partial charge in [-0.15, -0.1) is 0 Å². The highest BCUT2D eigenvalue weighted by Crippen LogP contribution is 2.16. The van der Waals surface area contributed by atoms with Crippen LogP contribution in [0.1, 0.15) is 48.1 Å². The van der Waals surface area contributed by atoms with Gasteiger partial charge in [-0.25, -0.2) is 9.97 Å². The highest BCUT2D eigenvalue weighted by atomic mass is 16.1. The molecule has 0 saturated heterocycles. The lowest BCUT2D eigenvalue weighted by molar-refractivity contribution is 0.0951. The number of hydrogen-bond acceptors (Lipinski definition) is 4. The summed E-state index contributed by atoms with van der Waals surface area (Å²) < 4.78 is 0. The van der Waals surface area contributed by atoms with Crippen molar-refractivity contribution in [3.8, 4) is 0 Å². The number of hydrogen-bond donors (Lipinski definition) is 2. The molecule has 0 unspecified atom stereocenters. The molecule has 0 aromatic carbocycles. The average molecular weight is 236 g/mol. The van der Waals surface area contributed by atoms with Gasteiger partial charge in [0.25, 0.3) is 5.91 Å². The fraction of sp³-hybridized carbons (Fsp3) is 0.583. The highest BCUT2D eigenvalue weighted by molar-refractivity contribution is 5.95. The quantitative estimate of drug-likeness (QED) is 0.747. The molecule has 0 atom stereocenters. The van der Waals surface area contributed by atoms with E-state index in [4.69, 9.17) is 5.73 Å². The molecule has 1 aromatic rings. The number of rotatable bonds is 5. The lowest BCUT2D eigenvalue weighted by Crippen LogP contribution is -2.27. The van der Waals surface area contributed by atoms with E-state index in [1.54, 1.807) is 6.20 Å². The number of nitrogens with two attached hydrogens (primary N) is 1. The molecular weight excluding hydrogens is 216 g/mol. The summed E-state index contributed by atoms with van der Waals surface area (Å²) in [6.07, 6.45) is 2.37. The molecule has 1 rings (SSSR count). The molecule has 1 aromatic heterocycles. The van der Waals surface area contributed by atoms with Gasteiger partial charge in [0.15, 0.2) is 0 Å². The zero-order valence-electron chi connectivity index (χ0n) is 10.7. The number of aromatic nitrogens is 2. The molecule has 0 aliphatic carbocycles. The van der Waals surface area contributed by atoms with Crippen LogP contribution in [0.4, 0.5) is 0 Å². The third kappa shape index (κ3) is 3.78. The average Bonchev–Trinajstić information content (AvgIpc) is 2.29. The van der Waals surface area contributed by atoms with Gasteiger partial charge in [-0.2, -0.15) is 0 Å². The molecule has 0 aliphatic heterocycles. The maximum atomic E-state index is 11.9. The van der Waals surface area contributed by atoms with Crippen LogP contribution >= 0.6 is 0 Å². The first-order chi connectivity index (χ1) is 8.06. The number of nitrogens with zero attached hydrogens (tertiary/aromatic N) is 2. The predicted octanol–water partition coefficient (Wildman–Crippen LogP) is 0.987. The molecule has 0 spiro atoms. The van der Waals surface area contributed by atoms with E-state index in [0.29, 0.717) is 24.5 Å². The lowest BCUT2D eigenvalue weighted by atomic mass is 10.0. The topological polar surface area (TPSA) is 80.9 Å². The lowest BCUT2D eigenvalue weighted by Gasteiger charge is -2.11. The Labute approximate surface area is 102 Å². The minimum Gasteiger partial charge on any atom is -0.352 e. The van der Waals surface area contributed by atoms with E-state index in [2.05, 4.69) is 15.3 Å². The Hall–Kier alpha value is -1.49. The summed E-state index contributed by atoms with van der Waals surface area (Å²) in [5, 5.41) is 2.82. The fourth-order valence-corrected chi connectivity index (χ4v) is 1.50. The zero-order valence-corrected chi connectivity index (χ0v) is 10.7. The van der Waals surface area contributed by atoms with Gasteiger partial charge in [0, 0.05) is 12.7 Å². The molecule has 0 radical (unpaired) electrons. The Balaban J connectivity index is 2.85. The summed E-state index contributed by atoms with van der Waals surface area (Å²) in [5.74, 6) is 0.765. The van der Waals surface area contributed by atoms with Crippen LogP contribution in [0.25, 0.3) is 0 Å². The Morgan fingerprint density at radius 1 is 1.53 bits per heavy atom. The van der Waals surface area contributed by atoms with Gasteiger partial charge in [-0.05, 0) is 25.8 Å². The smallest absolute Gasteiger partial charge is 0.254 e. The Morgan fingerprint density at radius 3 is 2.82 bits per heavy atom. The molecule has 0 aliphatic rings. The van der Waals surface area contributed by atoms with Gasteiger partial charge in [0.1, 0.15) is 5.82 Å². The molecule has 94 valence electrons. The molecule has 0 bridgehead atoms. The summed E-state index contributed by atoms with van der Waals surface area (Å²) >= 11 is 0. The summed E-state index contributed by atoms with van der Waals surface area (Å²) in [6.45, 7) is 7.00.